The first kappa shape index (κ1) is 14.9. The number of nitriles is 1. The van der Waals surface area contributed by atoms with Crippen LogP contribution in [0.25, 0.3) is 0 Å². The third-order valence-electron chi connectivity index (χ3n) is 2.84. The zero-order valence-electron chi connectivity index (χ0n) is 10.5. The molecule has 1 atom stereocenters. The van der Waals surface area contributed by atoms with E-state index in [-0.39, 0.29) is 0 Å². The molecule has 0 spiro atoms. The molecular formula is C15H12BrClN2O. The summed E-state index contributed by atoms with van der Waals surface area (Å²) in [6.07, 6.45) is -0.641. The van der Waals surface area contributed by atoms with Crippen LogP contribution in [0.1, 0.15) is 17.2 Å². The summed E-state index contributed by atoms with van der Waals surface area (Å²) in [7, 11) is 0. The number of benzene rings is 2. The van der Waals surface area contributed by atoms with E-state index in [9.17, 15) is 5.11 Å². The van der Waals surface area contributed by atoms with Gasteiger partial charge in [0.25, 0.3) is 0 Å². The highest BCUT2D eigenvalue weighted by molar-refractivity contribution is 9.10. The van der Waals surface area contributed by atoms with Crippen molar-refractivity contribution in [1.29, 1.82) is 5.26 Å². The van der Waals surface area contributed by atoms with Gasteiger partial charge in [-0.3, -0.25) is 0 Å². The largest absolute Gasteiger partial charge is 0.387 e. The summed E-state index contributed by atoms with van der Waals surface area (Å²) in [5.74, 6) is 0. The average molecular weight is 352 g/mol. The lowest BCUT2D eigenvalue weighted by Crippen LogP contribution is -2.12. The van der Waals surface area contributed by atoms with Gasteiger partial charge in [0.2, 0.25) is 0 Å². The van der Waals surface area contributed by atoms with E-state index >= 15 is 0 Å². The van der Waals surface area contributed by atoms with E-state index in [0.717, 1.165) is 15.7 Å². The minimum Gasteiger partial charge on any atom is -0.387 e. The lowest BCUT2D eigenvalue weighted by Gasteiger charge is -2.13. The van der Waals surface area contributed by atoms with Crippen molar-refractivity contribution in [3.05, 3.63) is 63.1 Å². The van der Waals surface area contributed by atoms with Crippen LogP contribution in [0.5, 0.6) is 0 Å². The molecule has 2 aromatic carbocycles. The van der Waals surface area contributed by atoms with E-state index in [0.29, 0.717) is 17.1 Å². The molecule has 0 saturated carbocycles. The van der Waals surface area contributed by atoms with Crippen LogP contribution in [-0.2, 0) is 0 Å². The van der Waals surface area contributed by atoms with Crippen molar-refractivity contribution in [2.75, 3.05) is 11.9 Å². The molecule has 0 radical (unpaired) electrons. The van der Waals surface area contributed by atoms with Crippen LogP contribution in [0.15, 0.2) is 46.9 Å². The zero-order chi connectivity index (χ0) is 14.5. The highest BCUT2D eigenvalue weighted by Gasteiger charge is 2.07. The SMILES string of the molecule is N#Cc1ccc(C(O)CNc2ccc(Cl)c(Br)c2)cc1. The number of hydrogen-bond acceptors (Lipinski definition) is 3. The molecular weight excluding hydrogens is 340 g/mol. The summed E-state index contributed by atoms with van der Waals surface area (Å²) in [4.78, 5) is 0. The van der Waals surface area contributed by atoms with Crippen LogP contribution in [0.4, 0.5) is 5.69 Å². The third-order valence-corrected chi connectivity index (χ3v) is 4.06. The third kappa shape index (κ3) is 3.73. The van der Waals surface area contributed by atoms with Gasteiger partial charge in [-0.1, -0.05) is 23.7 Å². The Bertz CT molecular complexity index is 637. The maximum atomic E-state index is 10.1. The Balaban J connectivity index is 1.99. The van der Waals surface area contributed by atoms with E-state index in [1.54, 1.807) is 30.3 Å². The Morgan fingerprint density at radius 2 is 1.95 bits per heavy atom. The minimum atomic E-state index is -0.641. The average Bonchev–Trinajstić information content (AvgIpc) is 2.48. The Kier molecular flexibility index (Phi) is 5.02. The van der Waals surface area contributed by atoms with E-state index in [1.807, 2.05) is 18.2 Å². The first-order valence-electron chi connectivity index (χ1n) is 5.97. The van der Waals surface area contributed by atoms with Gasteiger partial charge in [-0.2, -0.15) is 5.26 Å². The van der Waals surface area contributed by atoms with E-state index in [1.165, 1.54) is 0 Å². The standard InChI is InChI=1S/C15H12BrClN2O/c16-13-7-12(5-6-14(13)17)19-9-15(20)11-3-1-10(8-18)2-4-11/h1-7,15,19-20H,9H2. The number of aliphatic hydroxyl groups is 1. The predicted octanol–water partition coefficient (Wildman–Crippen LogP) is 4.12. The van der Waals surface area contributed by atoms with Gasteiger partial charge in [-0.05, 0) is 51.8 Å². The van der Waals surface area contributed by atoms with Crippen molar-refractivity contribution in [1.82, 2.24) is 0 Å². The fraction of sp³-hybridized carbons (Fsp3) is 0.133. The number of aliphatic hydroxyl groups excluding tert-OH is 1. The molecule has 2 aromatic rings. The van der Waals surface area contributed by atoms with Gasteiger partial charge >= 0.3 is 0 Å². The Morgan fingerprint density at radius 3 is 2.55 bits per heavy atom. The molecule has 1 unspecified atom stereocenters. The summed E-state index contributed by atoms with van der Waals surface area (Å²) in [5, 5.41) is 22.6. The van der Waals surface area contributed by atoms with Gasteiger partial charge in [0, 0.05) is 16.7 Å². The first-order valence-corrected chi connectivity index (χ1v) is 7.14. The van der Waals surface area contributed by atoms with E-state index in [2.05, 4.69) is 21.2 Å². The molecule has 0 aromatic heterocycles. The normalized spacial score (nSPS) is 11.7. The van der Waals surface area contributed by atoms with Gasteiger partial charge in [-0.25, -0.2) is 0 Å². The molecule has 5 heteroatoms. The molecule has 0 aliphatic carbocycles. The van der Waals surface area contributed by atoms with Crippen LogP contribution in [0.2, 0.25) is 5.02 Å². The van der Waals surface area contributed by atoms with Crippen LogP contribution >= 0.6 is 27.5 Å². The minimum absolute atomic E-state index is 0.375. The monoisotopic (exact) mass is 350 g/mol. The quantitative estimate of drug-likeness (QED) is 0.871. The number of halogens is 2. The molecule has 0 aliphatic heterocycles. The molecule has 2 rings (SSSR count). The fourth-order valence-corrected chi connectivity index (χ4v) is 2.21. The van der Waals surface area contributed by atoms with Crippen LogP contribution in [0.3, 0.4) is 0 Å². The predicted molar refractivity (Wildman–Crippen MR) is 83.8 cm³/mol. The molecule has 3 nitrogen and oxygen atoms in total. The fourth-order valence-electron chi connectivity index (χ4n) is 1.72. The number of nitrogens with one attached hydrogen (secondary N) is 1. The van der Waals surface area contributed by atoms with E-state index < -0.39 is 6.10 Å². The van der Waals surface area contributed by atoms with Crippen molar-refractivity contribution < 1.29 is 5.11 Å². The number of rotatable bonds is 4. The lowest BCUT2D eigenvalue weighted by molar-refractivity contribution is 0.191. The maximum Gasteiger partial charge on any atom is 0.0991 e. The van der Waals surface area contributed by atoms with Gasteiger partial charge in [0.1, 0.15) is 0 Å². The highest BCUT2D eigenvalue weighted by atomic mass is 79.9. The summed E-state index contributed by atoms with van der Waals surface area (Å²) >= 11 is 9.27. The molecule has 0 fully saturated rings. The molecule has 0 amide bonds. The molecule has 0 heterocycles. The second kappa shape index (κ2) is 6.76. The Labute approximate surface area is 130 Å². The molecule has 2 N–H and O–H groups in total. The maximum absolute atomic E-state index is 10.1. The van der Waals surface area contributed by atoms with Crippen molar-refractivity contribution in [2.45, 2.75) is 6.10 Å². The topological polar surface area (TPSA) is 56.0 Å². The van der Waals surface area contributed by atoms with Crippen LogP contribution in [0, 0.1) is 11.3 Å². The molecule has 0 saturated heterocycles. The summed E-state index contributed by atoms with van der Waals surface area (Å²) in [6.45, 7) is 0.375. The number of anilines is 1. The Morgan fingerprint density at radius 1 is 1.25 bits per heavy atom. The van der Waals surface area contributed by atoms with Crippen molar-refractivity contribution in [3.63, 3.8) is 0 Å². The second-order valence-electron chi connectivity index (χ2n) is 4.26. The van der Waals surface area contributed by atoms with Gasteiger partial charge in [-0.15, -0.1) is 0 Å². The van der Waals surface area contributed by atoms with E-state index in [4.69, 9.17) is 16.9 Å². The number of hydrogen-bond donors (Lipinski definition) is 2. The van der Waals surface area contributed by atoms with Crippen LogP contribution in [-0.4, -0.2) is 11.7 Å². The zero-order valence-corrected chi connectivity index (χ0v) is 12.8. The number of nitrogens with zero attached hydrogens (tertiary/aromatic N) is 1. The molecule has 102 valence electrons. The van der Waals surface area contributed by atoms with Crippen molar-refractivity contribution >= 4 is 33.2 Å². The van der Waals surface area contributed by atoms with Gasteiger partial charge in [0.05, 0.1) is 22.8 Å². The second-order valence-corrected chi connectivity index (χ2v) is 5.52. The summed E-state index contributed by atoms with van der Waals surface area (Å²) in [5.41, 5.74) is 2.22. The first-order chi connectivity index (χ1) is 9.60. The lowest BCUT2D eigenvalue weighted by atomic mass is 10.1. The van der Waals surface area contributed by atoms with Crippen LogP contribution < -0.4 is 5.32 Å². The Hall–Kier alpha value is -1.54. The van der Waals surface area contributed by atoms with Gasteiger partial charge in [0.15, 0.2) is 0 Å². The summed E-state index contributed by atoms with van der Waals surface area (Å²) in [6, 6.07) is 14.4. The smallest absolute Gasteiger partial charge is 0.0991 e. The summed E-state index contributed by atoms with van der Waals surface area (Å²) < 4.78 is 0.803. The highest BCUT2D eigenvalue weighted by Crippen LogP contribution is 2.26. The van der Waals surface area contributed by atoms with Gasteiger partial charge < -0.3 is 10.4 Å². The molecule has 0 bridgehead atoms. The van der Waals surface area contributed by atoms with Crippen molar-refractivity contribution in [3.8, 4) is 6.07 Å². The van der Waals surface area contributed by atoms with Crippen molar-refractivity contribution in [2.24, 2.45) is 0 Å². The molecule has 20 heavy (non-hydrogen) atoms. The molecule has 0 aliphatic rings.